The Morgan fingerprint density at radius 3 is 2.06 bits per heavy atom. The highest BCUT2D eigenvalue weighted by Crippen LogP contribution is 2.38. The molecule has 36 heavy (non-hydrogen) atoms. The summed E-state index contributed by atoms with van der Waals surface area (Å²) in [7, 11) is 0. The summed E-state index contributed by atoms with van der Waals surface area (Å²) in [5, 5.41) is 7.40. The Labute approximate surface area is 205 Å². The third-order valence-corrected chi connectivity index (χ3v) is 5.76. The summed E-state index contributed by atoms with van der Waals surface area (Å²) in [6, 6.07) is 4.43. The van der Waals surface area contributed by atoms with Gasteiger partial charge in [-0.3, -0.25) is 9.59 Å². The molecule has 0 saturated carbocycles. The second kappa shape index (κ2) is 10.5. The minimum absolute atomic E-state index is 0.0197. The van der Waals surface area contributed by atoms with E-state index in [9.17, 15) is 40.3 Å². The largest absolute Gasteiger partial charge is 0.416 e. The Morgan fingerprint density at radius 1 is 0.944 bits per heavy atom. The molecule has 3 N–H and O–H groups in total. The molecule has 0 bridgehead atoms. The van der Waals surface area contributed by atoms with Crippen LogP contribution in [-0.2, 0) is 21.9 Å². The maximum atomic E-state index is 13.3. The third-order valence-electron chi connectivity index (χ3n) is 5.47. The van der Waals surface area contributed by atoms with Gasteiger partial charge >= 0.3 is 12.4 Å². The van der Waals surface area contributed by atoms with Crippen molar-refractivity contribution in [2.75, 3.05) is 18.4 Å². The number of rotatable bonds is 5. The molecule has 3 rings (SSSR count). The number of amides is 2. The normalized spacial score (nSPS) is 16.1. The van der Waals surface area contributed by atoms with Crippen LogP contribution in [0.15, 0.2) is 42.5 Å². The Bertz CT molecular complexity index is 1140. The first kappa shape index (κ1) is 27.5. The molecule has 2 aromatic carbocycles. The fraction of sp³-hybridized carbons (Fsp3) is 0.304. The lowest BCUT2D eigenvalue weighted by atomic mass is 9.87. The Hall–Kier alpha value is -3.12. The molecule has 0 aliphatic carbocycles. The van der Waals surface area contributed by atoms with Gasteiger partial charge < -0.3 is 16.0 Å². The lowest BCUT2D eigenvalue weighted by molar-refractivity contribution is -0.143. The van der Waals surface area contributed by atoms with Crippen LogP contribution < -0.4 is 16.0 Å². The predicted octanol–water partition coefficient (Wildman–Crippen LogP) is 5.41. The van der Waals surface area contributed by atoms with E-state index in [2.05, 4.69) is 16.0 Å². The predicted molar refractivity (Wildman–Crippen MR) is 118 cm³/mol. The molecule has 1 fully saturated rings. The second-order valence-corrected chi connectivity index (χ2v) is 8.48. The number of hydrogen-bond acceptors (Lipinski definition) is 3. The van der Waals surface area contributed by atoms with Crippen LogP contribution in [0.3, 0.4) is 0 Å². The molecular weight excluding hydrogens is 519 g/mol. The van der Waals surface area contributed by atoms with E-state index in [1.807, 2.05) is 0 Å². The number of carbonyl (C=O) groups excluding carboxylic acids is 2. The zero-order valence-electron chi connectivity index (χ0n) is 18.3. The van der Waals surface area contributed by atoms with Crippen molar-refractivity contribution < 1.29 is 40.3 Å². The third kappa shape index (κ3) is 6.76. The minimum atomic E-state index is -5.09. The van der Waals surface area contributed by atoms with E-state index in [0.29, 0.717) is 17.7 Å². The summed E-state index contributed by atoms with van der Waals surface area (Å²) in [6.45, 7) is 0.503. The van der Waals surface area contributed by atoms with Crippen LogP contribution in [0.5, 0.6) is 0 Å². The van der Waals surface area contributed by atoms with Crippen molar-refractivity contribution in [1.82, 2.24) is 10.6 Å². The number of carbonyl (C=O) groups is 2. The number of piperidine rings is 1. The number of halogens is 8. The van der Waals surface area contributed by atoms with E-state index < -0.39 is 52.3 Å². The molecule has 2 amide bonds. The van der Waals surface area contributed by atoms with Gasteiger partial charge in [0.25, 0.3) is 0 Å². The summed E-state index contributed by atoms with van der Waals surface area (Å²) < 4.78 is 92.3. The van der Waals surface area contributed by atoms with Crippen LogP contribution in [0.2, 0.25) is 5.02 Å². The zero-order chi connectivity index (χ0) is 26.7. The summed E-state index contributed by atoms with van der Waals surface area (Å²) in [6.07, 6.45) is -7.79. The average Bonchev–Trinajstić information content (AvgIpc) is 2.79. The van der Waals surface area contributed by atoms with Gasteiger partial charge in [0.15, 0.2) is 0 Å². The van der Waals surface area contributed by atoms with Crippen molar-refractivity contribution in [3.8, 4) is 0 Å². The zero-order valence-corrected chi connectivity index (χ0v) is 19.0. The van der Waals surface area contributed by atoms with Gasteiger partial charge in [-0.15, -0.1) is 0 Å². The maximum Gasteiger partial charge on any atom is 0.416 e. The smallest absolute Gasteiger partial charge is 0.338 e. The molecule has 0 unspecified atom stereocenters. The Balaban J connectivity index is 1.85. The number of alkyl halides is 6. The maximum absolute atomic E-state index is 13.3. The molecule has 0 radical (unpaired) electrons. The van der Waals surface area contributed by atoms with E-state index in [-0.39, 0.29) is 37.0 Å². The first-order valence-electron chi connectivity index (χ1n) is 10.5. The molecule has 0 spiro atoms. The monoisotopic (exact) mass is 537 g/mol. The lowest BCUT2D eigenvalue weighted by Crippen LogP contribution is -2.61. The van der Waals surface area contributed by atoms with E-state index >= 15 is 0 Å². The van der Waals surface area contributed by atoms with Crippen molar-refractivity contribution in [2.45, 2.75) is 30.7 Å². The average molecular weight is 538 g/mol. The standard InChI is InChI=1S/C23H19ClF7N3O2/c24-17-9-13(1-3-18(17)25)2-4-19(35)34-21(5-7-32-8-6-21)20(36)33-16-11-14(22(26,27)28)10-15(12-16)23(29,30)31/h1-4,9-12,32H,5-8H2,(H,33,36)(H,34,35)/b4-2+. The number of benzene rings is 2. The molecule has 0 atom stereocenters. The van der Waals surface area contributed by atoms with Gasteiger partial charge in [0, 0.05) is 11.8 Å². The summed E-state index contributed by atoms with van der Waals surface area (Å²) in [4.78, 5) is 25.7. The highest BCUT2D eigenvalue weighted by atomic mass is 35.5. The van der Waals surface area contributed by atoms with Gasteiger partial charge in [0.1, 0.15) is 11.4 Å². The molecule has 194 valence electrons. The highest BCUT2D eigenvalue weighted by molar-refractivity contribution is 6.30. The number of nitrogens with one attached hydrogen (secondary N) is 3. The molecule has 13 heteroatoms. The Morgan fingerprint density at radius 2 is 1.53 bits per heavy atom. The van der Waals surface area contributed by atoms with Crippen molar-refractivity contribution in [1.29, 1.82) is 0 Å². The van der Waals surface area contributed by atoms with Crippen molar-refractivity contribution in [2.24, 2.45) is 0 Å². The van der Waals surface area contributed by atoms with Crippen LogP contribution in [0, 0.1) is 5.82 Å². The van der Waals surface area contributed by atoms with Crippen molar-refractivity contribution >= 4 is 35.2 Å². The van der Waals surface area contributed by atoms with E-state index in [4.69, 9.17) is 11.6 Å². The molecule has 1 aliphatic rings. The highest BCUT2D eigenvalue weighted by Gasteiger charge is 2.42. The molecule has 1 aliphatic heterocycles. The molecular formula is C23H19ClF7N3O2. The van der Waals surface area contributed by atoms with Gasteiger partial charge in [-0.2, -0.15) is 26.3 Å². The second-order valence-electron chi connectivity index (χ2n) is 8.08. The quantitative estimate of drug-likeness (QED) is 0.353. The molecule has 0 aromatic heterocycles. The lowest BCUT2D eigenvalue weighted by Gasteiger charge is -2.36. The van der Waals surface area contributed by atoms with Gasteiger partial charge in [0.05, 0.1) is 16.1 Å². The van der Waals surface area contributed by atoms with Gasteiger partial charge in [-0.25, -0.2) is 4.39 Å². The van der Waals surface area contributed by atoms with Crippen molar-refractivity contribution in [3.63, 3.8) is 0 Å². The van der Waals surface area contributed by atoms with Crippen LogP contribution in [0.4, 0.5) is 36.4 Å². The topological polar surface area (TPSA) is 70.2 Å². The van der Waals surface area contributed by atoms with Gasteiger partial charge in [0.2, 0.25) is 11.8 Å². The fourth-order valence-electron chi connectivity index (χ4n) is 3.61. The fourth-order valence-corrected chi connectivity index (χ4v) is 3.79. The number of anilines is 1. The first-order valence-corrected chi connectivity index (χ1v) is 10.8. The van der Waals surface area contributed by atoms with Crippen LogP contribution >= 0.6 is 11.6 Å². The molecule has 5 nitrogen and oxygen atoms in total. The summed E-state index contributed by atoms with van der Waals surface area (Å²) in [5.41, 5.74) is -5.12. The van der Waals surface area contributed by atoms with Crippen LogP contribution in [-0.4, -0.2) is 30.4 Å². The van der Waals surface area contributed by atoms with E-state index in [1.54, 1.807) is 0 Å². The van der Waals surface area contributed by atoms with Gasteiger partial charge in [-0.05, 0) is 67.9 Å². The van der Waals surface area contributed by atoms with E-state index in [0.717, 1.165) is 12.1 Å². The van der Waals surface area contributed by atoms with Gasteiger partial charge in [-0.1, -0.05) is 17.7 Å². The molecule has 2 aromatic rings. The van der Waals surface area contributed by atoms with Crippen LogP contribution in [0.1, 0.15) is 29.5 Å². The van der Waals surface area contributed by atoms with E-state index in [1.165, 1.54) is 18.2 Å². The minimum Gasteiger partial charge on any atom is -0.338 e. The van der Waals surface area contributed by atoms with Crippen molar-refractivity contribution in [3.05, 3.63) is 70.0 Å². The Kier molecular flexibility index (Phi) is 7.99. The molecule has 1 heterocycles. The summed E-state index contributed by atoms with van der Waals surface area (Å²) >= 11 is 5.69. The van der Waals surface area contributed by atoms with Crippen LogP contribution in [0.25, 0.3) is 6.08 Å². The number of hydrogen-bond donors (Lipinski definition) is 3. The SMILES string of the molecule is O=C(/C=C/c1ccc(F)c(Cl)c1)NC1(C(=O)Nc2cc(C(F)(F)F)cc(C(F)(F)F)c2)CCNCC1. The molecule has 1 saturated heterocycles. The first-order chi connectivity index (χ1) is 16.7. The summed E-state index contributed by atoms with van der Waals surface area (Å²) in [5.74, 6) is -2.39.